The Morgan fingerprint density at radius 1 is 1.19 bits per heavy atom. The Labute approximate surface area is 97.9 Å². The Hall–Kier alpha value is -0.420. The van der Waals surface area contributed by atoms with Gasteiger partial charge in [0.25, 0.3) is 0 Å². The number of ether oxygens (including phenoxy) is 3. The summed E-state index contributed by atoms with van der Waals surface area (Å²) in [7, 11) is 1.66. The molecule has 4 heteroatoms. The highest BCUT2D eigenvalue weighted by Gasteiger charge is 2.19. The van der Waals surface area contributed by atoms with Crippen LogP contribution < -0.4 is 5.32 Å². The second-order valence-electron chi connectivity index (χ2n) is 4.06. The van der Waals surface area contributed by atoms with E-state index in [0.717, 1.165) is 18.2 Å². The fourth-order valence-corrected chi connectivity index (χ4v) is 1.21. The summed E-state index contributed by atoms with van der Waals surface area (Å²) >= 11 is 0. The first kappa shape index (κ1) is 13.6. The minimum atomic E-state index is 0.617. The van der Waals surface area contributed by atoms with Crippen molar-refractivity contribution in [1.82, 2.24) is 5.32 Å². The molecule has 94 valence electrons. The highest BCUT2D eigenvalue weighted by atomic mass is 16.5. The highest BCUT2D eigenvalue weighted by molar-refractivity contribution is 4.99. The van der Waals surface area contributed by atoms with Gasteiger partial charge >= 0.3 is 0 Å². The minimum Gasteiger partial charge on any atom is -0.382 e. The van der Waals surface area contributed by atoms with Gasteiger partial charge in [-0.3, -0.25) is 0 Å². The summed E-state index contributed by atoms with van der Waals surface area (Å²) in [5, 5.41) is 3.40. The molecule has 1 fully saturated rings. The third-order valence-corrected chi connectivity index (χ3v) is 2.33. The second-order valence-corrected chi connectivity index (χ2v) is 4.06. The van der Waals surface area contributed by atoms with Gasteiger partial charge in [-0.25, -0.2) is 0 Å². The van der Waals surface area contributed by atoms with Crippen molar-refractivity contribution in [2.75, 3.05) is 46.7 Å². The SMILES string of the molecule is C=C(CNC1CC1)COCCOCCOC. The van der Waals surface area contributed by atoms with Gasteiger partial charge in [-0.15, -0.1) is 0 Å². The molecule has 1 aliphatic carbocycles. The number of hydrogen-bond donors (Lipinski definition) is 1. The topological polar surface area (TPSA) is 39.7 Å². The van der Waals surface area contributed by atoms with E-state index in [1.807, 2.05) is 0 Å². The van der Waals surface area contributed by atoms with Crippen LogP contribution in [0.3, 0.4) is 0 Å². The third kappa shape index (κ3) is 7.82. The van der Waals surface area contributed by atoms with Crippen molar-refractivity contribution in [3.8, 4) is 0 Å². The van der Waals surface area contributed by atoms with Crippen molar-refractivity contribution in [2.24, 2.45) is 0 Å². The normalized spacial score (nSPS) is 15.3. The molecule has 0 spiro atoms. The Kier molecular flexibility index (Phi) is 7.42. The van der Waals surface area contributed by atoms with Crippen LogP contribution in [0.4, 0.5) is 0 Å². The van der Waals surface area contributed by atoms with Crippen molar-refractivity contribution < 1.29 is 14.2 Å². The first-order valence-electron chi connectivity index (χ1n) is 5.87. The summed E-state index contributed by atoms with van der Waals surface area (Å²) < 4.78 is 15.6. The van der Waals surface area contributed by atoms with Crippen LogP contribution in [0.15, 0.2) is 12.2 Å². The molecule has 0 saturated heterocycles. The summed E-state index contributed by atoms with van der Waals surface area (Å²) in [6.07, 6.45) is 2.61. The Morgan fingerprint density at radius 2 is 1.88 bits per heavy atom. The summed E-state index contributed by atoms with van der Waals surface area (Å²) in [6, 6.07) is 0.731. The molecule has 0 aromatic heterocycles. The van der Waals surface area contributed by atoms with Gasteiger partial charge in [-0.1, -0.05) is 6.58 Å². The monoisotopic (exact) mass is 229 g/mol. The van der Waals surface area contributed by atoms with Crippen molar-refractivity contribution in [1.29, 1.82) is 0 Å². The molecule has 0 heterocycles. The lowest BCUT2D eigenvalue weighted by atomic mass is 10.3. The molecule has 1 rings (SSSR count). The van der Waals surface area contributed by atoms with Crippen LogP contribution in [-0.4, -0.2) is 52.7 Å². The molecule has 16 heavy (non-hydrogen) atoms. The van der Waals surface area contributed by atoms with Gasteiger partial charge in [0.05, 0.1) is 33.0 Å². The van der Waals surface area contributed by atoms with E-state index in [4.69, 9.17) is 14.2 Å². The molecule has 0 aliphatic heterocycles. The van der Waals surface area contributed by atoms with E-state index in [1.165, 1.54) is 12.8 Å². The van der Waals surface area contributed by atoms with Crippen LogP contribution in [0.1, 0.15) is 12.8 Å². The molecule has 0 bridgehead atoms. The van der Waals surface area contributed by atoms with E-state index in [-0.39, 0.29) is 0 Å². The standard InChI is InChI=1S/C12H23NO3/c1-11(9-13-12-3-4-12)10-16-8-7-15-6-5-14-2/h12-13H,1,3-10H2,2H3. The molecule has 1 saturated carbocycles. The minimum absolute atomic E-state index is 0.617. The lowest BCUT2D eigenvalue weighted by molar-refractivity contribution is 0.0299. The first-order chi connectivity index (χ1) is 7.83. The smallest absolute Gasteiger partial charge is 0.0704 e. The van der Waals surface area contributed by atoms with Crippen LogP contribution in [0.5, 0.6) is 0 Å². The number of rotatable bonds is 11. The molecule has 0 aromatic rings. The number of nitrogens with one attached hydrogen (secondary N) is 1. The van der Waals surface area contributed by atoms with Gasteiger partial charge in [-0.2, -0.15) is 0 Å². The van der Waals surface area contributed by atoms with Crippen LogP contribution >= 0.6 is 0 Å². The molecule has 0 amide bonds. The van der Waals surface area contributed by atoms with Gasteiger partial charge < -0.3 is 19.5 Å². The largest absolute Gasteiger partial charge is 0.382 e. The first-order valence-corrected chi connectivity index (χ1v) is 5.87. The quantitative estimate of drug-likeness (QED) is 0.423. The van der Waals surface area contributed by atoms with E-state index in [2.05, 4.69) is 11.9 Å². The highest BCUT2D eigenvalue weighted by Crippen LogP contribution is 2.18. The Morgan fingerprint density at radius 3 is 2.56 bits per heavy atom. The Bertz CT molecular complexity index is 193. The maximum absolute atomic E-state index is 5.42. The molecular formula is C12H23NO3. The Balaban J connectivity index is 1.76. The molecule has 0 atom stereocenters. The van der Waals surface area contributed by atoms with E-state index < -0.39 is 0 Å². The van der Waals surface area contributed by atoms with E-state index in [0.29, 0.717) is 33.0 Å². The molecule has 1 N–H and O–H groups in total. The van der Waals surface area contributed by atoms with Crippen molar-refractivity contribution in [2.45, 2.75) is 18.9 Å². The molecule has 0 unspecified atom stereocenters. The molecule has 1 aliphatic rings. The lowest BCUT2D eigenvalue weighted by Gasteiger charge is -2.08. The second kappa shape index (κ2) is 8.70. The van der Waals surface area contributed by atoms with Crippen LogP contribution in [-0.2, 0) is 14.2 Å². The van der Waals surface area contributed by atoms with Gasteiger partial charge in [0.15, 0.2) is 0 Å². The predicted octanol–water partition coefficient (Wildman–Crippen LogP) is 0.974. The zero-order valence-electron chi connectivity index (χ0n) is 10.2. The molecular weight excluding hydrogens is 206 g/mol. The molecule has 0 radical (unpaired) electrons. The van der Waals surface area contributed by atoms with Crippen molar-refractivity contribution in [3.63, 3.8) is 0 Å². The predicted molar refractivity (Wildman–Crippen MR) is 63.7 cm³/mol. The van der Waals surface area contributed by atoms with Gasteiger partial charge in [0.2, 0.25) is 0 Å². The maximum Gasteiger partial charge on any atom is 0.0704 e. The third-order valence-electron chi connectivity index (χ3n) is 2.33. The van der Waals surface area contributed by atoms with Crippen molar-refractivity contribution >= 4 is 0 Å². The van der Waals surface area contributed by atoms with Crippen LogP contribution in [0.2, 0.25) is 0 Å². The summed E-state index contributed by atoms with van der Waals surface area (Å²) in [5.41, 5.74) is 1.10. The van der Waals surface area contributed by atoms with E-state index in [1.54, 1.807) is 7.11 Å². The summed E-state index contributed by atoms with van der Waals surface area (Å²) in [5.74, 6) is 0. The van der Waals surface area contributed by atoms with Crippen LogP contribution in [0, 0.1) is 0 Å². The van der Waals surface area contributed by atoms with Crippen LogP contribution in [0.25, 0.3) is 0 Å². The lowest BCUT2D eigenvalue weighted by Crippen LogP contribution is -2.21. The zero-order chi connectivity index (χ0) is 11.6. The average Bonchev–Trinajstić information content (AvgIpc) is 3.09. The summed E-state index contributed by atoms with van der Waals surface area (Å²) in [6.45, 7) is 7.94. The maximum atomic E-state index is 5.42. The number of hydrogen-bond acceptors (Lipinski definition) is 4. The van der Waals surface area contributed by atoms with Gasteiger partial charge in [-0.05, 0) is 18.4 Å². The zero-order valence-corrected chi connectivity index (χ0v) is 10.2. The molecule has 4 nitrogen and oxygen atoms in total. The molecule has 0 aromatic carbocycles. The fraction of sp³-hybridized carbons (Fsp3) is 0.833. The van der Waals surface area contributed by atoms with E-state index >= 15 is 0 Å². The van der Waals surface area contributed by atoms with Crippen molar-refractivity contribution in [3.05, 3.63) is 12.2 Å². The fourth-order valence-electron chi connectivity index (χ4n) is 1.21. The van der Waals surface area contributed by atoms with E-state index in [9.17, 15) is 0 Å². The number of methoxy groups -OCH3 is 1. The van der Waals surface area contributed by atoms with Gasteiger partial charge in [0, 0.05) is 19.7 Å². The van der Waals surface area contributed by atoms with Gasteiger partial charge in [0.1, 0.15) is 0 Å². The summed E-state index contributed by atoms with van der Waals surface area (Å²) in [4.78, 5) is 0. The average molecular weight is 229 g/mol.